The molecular weight excluding hydrogens is 180 g/mol. The summed E-state index contributed by atoms with van der Waals surface area (Å²) in [5, 5.41) is 7.20. The lowest BCUT2D eigenvalue weighted by Gasteiger charge is -1.93. The monoisotopic (exact) mass is 188 g/mol. The minimum atomic E-state index is -0.450. The van der Waals surface area contributed by atoms with E-state index in [1.54, 1.807) is 13.1 Å². The first-order valence-corrected chi connectivity index (χ1v) is 3.85. The fraction of sp³-hybridized carbons (Fsp3) is 0.500. The Bertz CT molecular complexity index is 283. The number of aromatic nitrogens is 3. The molecular formula is C6H9ClN4O. The number of nitrogens with zero attached hydrogens (tertiary/aromatic N) is 3. The summed E-state index contributed by atoms with van der Waals surface area (Å²) < 4.78 is 1.36. The standard InChI is InChI=1S/C6H9ClN4O/c1-4(7)5-2-11(10-9-5)3-6(8)12/h2,4H,3H2,1H3,(H2,8,12). The van der Waals surface area contributed by atoms with Gasteiger partial charge in [-0.25, -0.2) is 4.68 Å². The fourth-order valence-electron chi connectivity index (χ4n) is 0.733. The van der Waals surface area contributed by atoms with Gasteiger partial charge in [0.05, 0.1) is 11.6 Å². The van der Waals surface area contributed by atoms with Gasteiger partial charge in [0.1, 0.15) is 12.2 Å². The highest BCUT2D eigenvalue weighted by Gasteiger charge is 2.07. The average molecular weight is 189 g/mol. The first-order chi connectivity index (χ1) is 5.59. The van der Waals surface area contributed by atoms with Crippen LogP contribution in [0.4, 0.5) is 0 Å². The summed E-state index contributed by atoms with van der Waals surface area (Å²) in [7, 11) is 0. The van der Waals surface area contributed by atoms with E-state index in [0.717, 1.165) is 0 Å². The van der Waals surface area contributed by atoms with Crippen molar-refractivity contribution in [2.24, 2.45) is 5.73 Å². The second-order valence-corrected chi connectivity index (χ2v) is 3.08. The van der Waals surface area contributed by atoms with E-state index in [0.29, 0.717) is 5.69 Å². The summed E-state index contributed by atoms with van der Waals surface area (Å²) >= 11 is 5.72. The van der Waals surface area contributed by atoms with Gasteiger partial charge in [0, 0.05) is 0 Å². The molecule has 0 radical (unpaired) electrons. The van der Waals surface area contributed by atoms with Crippen molar-refractivity contribution in [1.29, 1.82) is 0 Å². The van der Waals surface area contributed by atoms with Crippen molar-refractivity contribution in [3.63, 3.8) is 0 Å². The number of carbonyl (C=O) groups is 1. The Labute approximate surface area is 74.5 Å². The largest absolute Gasteiger partial charge is 0.368 e. The maximum Gasteiger partial charge on any atom is 0.239 e. The van der Waals surface area contributed by atoms with Gasteiger partial charge in [-0.05, 0) is 6.92 Å². The van der Waals surface area contributed by atoms with E-state index < -0.39 is 5.91 Å². The second kappa shape index (κ2) is 3.53. The number of halogens is 1. The smallest absolute Gasteiger partial charge is 0.239 e. The van der Waals surface area contributed by atoms with Crippen LogP contribution in [0, 0.1) is 0 Å². The third-order valence-corrected chi connectivity index (χ3v) is 1.51. The molecule has 0 spiro atoms. The van der Waals surface area contributed by atoms with E-state index >= 15 is 0 Å². The topological polar surface area (TPSA) is 73.8 Å². The van der Waals surface area contributed by atoms with E-state index in [9.17, 15) is 4.79 Å². The molecule has 0 aliphatic heterocycles. The number of hydrogen-bond donors (Lipinski definition) is 1. The molecule has 0 bridgehead atoms. The summed E-state index contributed by atoms with van der Waals surface area (Å²) in [4.78, 5) is 10.4. The van der Waals surface area contributed by atoms with Gasteiger partial charge in [0.2, 0.25) is 5.91 Å². The Balaban J connectivity index is 2.70. The molecule has 1 atom stereocenters. The van der Waals surface area contributed by atoms with Gasteiger partial charge in [-0.3, -0.25) is 4.79 Å². The van der Waals surface area contributed by atoms with Crippen LogP contribution in [0.2, 0.25) is 0 Å². The lowest BCUT2D eigenvalue weighted by atomic mass is 10.4. The van der Waals surface area contributed by atoms with E-state index in [-0.39, 0.29) is 11.9 Å². The van der Waals surface area contributed by atoms with Crippen LogP contribution in [0.1, 0.15) is 18.0 Å². The molecule has 0 saturated carbocycles. The van der Waals surface area contributed by atoms with Crippen LogP contribution in [0.25, 0.3) is 0 Å². The molecule has 1 heterocycles. The Hall–Kier alpha value is -1.10. The maximum absolute atomic E-state index is 10.4. The van der Waals surface area contributed by atoms with E-state index in [4.69, 9.17) is 17.3 Å². The quantitative estimate of drug-likeness (QED) is 0.682. The SMILES string of the molecule is CC(Cl)c1cn(CC(N)=O)nn1. The van der Waals surface area contributed by atoms with Crippen molar-refractivity contribution in [3.05, 3.63) is 11.9 Å². The predicted molar refractivity (Wildman–Crippen MR) is 43.5 cm³/mol. The lowest BCUT2D eigenvalue weighted by Crippen LogP contribution is -2.18. The molecule has 1 aromatic rings. The number of hydrogen-bond acceptors (Lipinski definition) is 3. The molecule has 12 heavy (non-hydrogen) atoms. The van der Waals surface area contributed by atoms with E-state index in [1.807, 2.05) is 0 Å². The number of primary amides is 1. The van der Waals surface area contributed by atoms with Crippen LogP contribution in [0.3, 0.4) is 0 Å². The number of amides is 1. The van der Waals surface area contributed by atoms with Crippen LogP contribution < -0.4 is 5.73 Å². The third kappa shape index (κ3) is 2.20. The van der Waals surface area contributed by atoms with Gasteiger partial charge in [-0.1, -0.05) is 5.21 Å². The van der Waals surface area contributed by atoms with Crippen molar-refractivity contribution in [1.82, 2.24) is 15.0 Å². The highest BCUT2D eigenvalue weighted by molar-refractivity contribution is 6.20. The molecule has 1 aromatic heterocycles. The van der Waals surface area contributed by atoms with Gasteiger partial charge in [-0.15, -0.1) is 16.7 Å². The van der Waals surface area contributed by atoms with Gasteiger partial charge in [0.15, 0.2) is 0 Å². The normalized spacial score (nSPS) is 12.8. The minimum Gasteiger partial charge on any atom is -0.368 e. The van der Waals surface area contributed by atoms with Crippen molar-refractivity contribution in [2.75, 3.05) is 0 Å². The number of rotatable bonds is 3. The van der Waals surface area contributed by atoms with Crippen LogP contribution in [-0.4, -0.2) is 20.9 Å². The summed E-state index contributed by atoms with van der Waals surface area (Å²) in [5.74, 6) is -0.450. The molecule has 0 aromatic carbocycles. The van der Waals surface area contributed by atoms with Gasteiger partial charge < -0.3 is 5.73 Å². The fourth-order valence-corrected chi connectivity index (χ4v) is 0.833. The van der Waals surface area contributed by atoms with Crippen molar-refractivity contribution < 1.29 is 4.79 Å². The summed E-state index contributed by atoms with van der Waals surface area (Å²) in [6.45, 7) is 1.82. The maximum atomic E-state index is 10.4. The summed E-state index contributed by atoms with van der Waals surface area (Å²) in [6, 6.07) is 0. The highest BCUT2D eigenvalue weighted by atomic mass is 35.5. The second-order valence-electron chi connectivity index (χ2n) is 2.42. The molecule has 0 aliphatic carbocycles. The van der Waals surface area contributed by atoms with Gasteiger partial charge in [0.25, 0.3) is 0 Å². The van der Waals surface area contributed by atoms with Crippen LogP contribution in [0.15, 0.2) is 6.20 Å². The van der Waals surface area contributed by atoms with Gasteiger partial charge >= 0.3 is 0 Å². The Kier molecular flexibility index (Phi) is 2.65. The molecule has 1 amide bonds. The number of carbonyl (C=O) groups excluding carboxylic acids is 1. The Morgan fingerprint density at radius 1 is 1.92 bits per heavy atom. The molecule has 2 N–H and O–H groups in total. The molecule has 1 rings (SSSR count). The zero-order chi connectivity index (χ0) is 9.14. The van der Waals surface area contributed by atoms with Crippen LogP contribution in [-0.2, 0) is 11.3 Å². The van der Waals surface area contributed by atoms with Crippen LogP contribution >= 0.6 is 11.6 Å². The van der Waals surface area contributed by atoms with Crippen LogP contribution in [0.5, 0.6) is 0 Å². The summed E-state index contributed by atoms with van der Waals surface area (Å²) in [5.41, 5.74) is 5.59. The molecule has 0 fully saturated rings. The van der Waals surface area contributed by atoms with Crippen molar-refractivity contribution >= 4 is 17.5 Å². The molecule has 6 heteroatoms. The predicted octanol–water partition coefficient (Wildman–Crippen LogP) is 0.0632. The third-order valence-electron chi connectivity index (χ3n) is 1.28. The highest BCUT2D eigenvalue weighted by Crippen LogP contribution is 2.14. The Morgan fingerprint density at radius 2 is 2.58 bits per heavy atom. The molecule has 5 nitrogen and oxygen atoms in total. The lowest BCUT2D eigenvalue weighted by molar-refractivity contribution is -0.118. The Morgan fingerprint density at radius 3 is 3.00 bits per heavy atom. The van der Waals surface area contributed by atoms with Gasteiger partial charge in [-0.2, -0.15) is 0 Å². The first-order valence-electron chi connectivity index (χ1n) is 3.42. The van der Waals surface area contributed by atoms with Crippen molar-refractivity contribution in [2.45, 2.75) is 18.8 Å². The summed E-state index contributed by atoms with van der Waals surface area (Å²) in [6.07, 6.45) is 1.60. The first kappa shape index (κ1) is 8.99. The molecule has 0 saturated heterocycles. The number of nitrogens with two attached hydrogens (primary N) is 1. The number of alkyl halides is 1. The van der Waals surface area contributed by atoms with E-state index in [1.165, 1.54) is 4.68 Å². The zero-order valence-corrected chi connectivity index (χ0v) is 7.32. The average Bonchev–Trinajstić information content (AvgIpc) is 2.34. The zero-order valence-electron chi connectivity index (χ0n) is 6.57. The van der Waals surface area contributed by atoms with Crippen molar-refractivity contribution in [3.8, 4) is 0 Å². The molecule has 66 valence electrons. The minimum absolute atomic E-state index is 0.0383. The van der Waals surface area contributed by atoms with E-state index in [2.05, 4.69) is 10.3 Å². The molecule has 1 unspecified atom stereocenters. The molecule has 0 aliphatic rings.